The number of nitrogens with zero attached hydrogens (tertiary/aromatic N) is 4. The lowest BCUT2D eigenvalue weighted by atomic mass is 10.1. The summed E-state index contributed by atoms with van der Waals surface area (Å²) >= 11 is 10.7. The van der Waals surface area contributed by atoms with E-state index in [4.69, 9.17) is 21.4 Å². The van der Waals surface area contributed by atoms with E-state index in [-0.39, 0.29) is 22.3 Å². The van der Waals surface area contributed by atoms with Gasteiger partial charge in [0.1, 0.15) is 16.6 Å². The van der Waals surface area contributed by atoms with Crippen LogP contribution in [0.4, 0.5) is 5.69 Å². The second kappa shape index (κ2) is 8.67. The number of amidine groups is 2. The summed E-state index contributed by atoms with van der Waals surface area (Å²) in [5, 5.41) is 26.5. The molecule has 0 saturated carbocycles. The molecule has 34 heavy (non-hydrogen) atoms. The second-order valence-electron chi connectivity index (χ2n) is 7.03. The van der Waals surface area contributed by atoms with Gasteiger partial charge >= 0.3 is 0 Å². The number of amides is 1. The van der Waals surface area contributed by atoms with Crippen LogP contribution in [0.5, 0.6) is 0 Å². The van der Waals surface area contributed by atoms with Crippen molar-refractivity contribution in [1.82, 2.24) is 5.01 Å². The quantitative estimate of drug-likeness (QED) is 0.241. The van der Waals surface area contributed by atoms with Crippen molar-refractivity contribution in [2.75, 3.05) is 0 Å². The Kier molecular flexibility index (Phi) is 5.68. The molecule has 3 heterocycles. The Morgan fingerprint density at radius 1 is 1.18 bits per heavy atom. The van der Waals surface area contributed by atoms with E-state index in [1.54, 1.807) is 36.4 Å². The minimum absolute atomic E-state index is 0.0113. The van der Waals surface area contributed by atoms with Crippen molar-refractivity contribution < 1.29 is 14.1 Å². The number of benzene rings is 2. The maximum absolute atomic E-state index is 12.7. The predicted octanol–water partition coefficient (Wildman–Crippen LogP) is 5.94. The van der Waals surface area contributed by atoms with Gasteiger partial charge in [-0.25, -0.2) is 0 Å². The van der Waals surface area contributed by atoms with Crippen LogP contribution in [0.15, 0.2) is 79.2 Å². The summed E-state index contributed by atoms with van der Waals surface area (Å²) < 4.78 is 6.30. The first-order valence-corrected chi connectivity index (χ1v) is 11.6. The lowest BCUT2D eigenvalue weighted by Crippen LogP contribution is -2.35. The number of nitrogens with one attached hydrogen (secondary N) is 1. The molecule has 0 atom stereocenters. The molecule has 0 aliphatic carbocycles. The number of halogens is 2. The fraction of sp³-hybridized carbons (Fsp3) is 0. The number of hydrogen-bond donors (Lipinski definition) is 1. The van der Waals surface area contributed by atoms with Crippen molar-refractivity contribution in [3.8, 4) is 11.3 Å². The molecule has 3 aromatic rings. The molecule has 0 bridgehead atoms. The molecule has 1 aromatic heterocycles. The number of carbonyl (C=O) groups excluding carboxylic acids is 1. The molecule has 2 aliphatic rings. The van der Waals surface area contributed by atoms with E-state index in [9.17, 15) is 14.9 Å². The summed E-state index contributed by atoms with van der Waals surface area (Å²) in [4.78, 5) is 27.2. The van der Waals surface area contributed by atoms with Crippen LogP contribution in [0.2, 0.25) is 5.02 Å². The van der Waals surface area contributed by atoms with Crippen LogP contribution in [0.1, 0.15) is 11.3 Å². The maximum Gasteiger partial charge on any atom is 0.283 e. The highest BCUT2D eigenvalue weighted by Gasteiger charge is 2.36. The number of nitro groups is 1. The normalized spacial score (nSPS) is 16.5. The third kappa shape index (κ3) is 3.98. The van der Waals surface area contributed by atoms with E-state index in [0.29, 0.717) is 37.2 Å². The van der Waals surface area contributed by atoms with Crippen LogP contribution >= 0.6 is 39.3 Å². The Hall–Kier alpha value is -3.54. The van der Waals surface area contributed by atoms with Crippen molar-refractivity contribution in [2.24, 2.45) is 10.1 Å². The predicted molar refractivity (Wildman–Crippen MR) is 134 cm³/mol. The number of hydrogen-bond acceptors (Lipinski definition) is 7. The van der Waals surface area contributed by atoms with Crippen molar-refractivity contribution in [2.45, 2.75) is 0 Å². The van der Waals surface area contributed by atoms with Gasteiger partial charge in [-0.15, -0.1) is 0 Å². The smallest absolute Gasteiger partial charge is 0.283 e. The molecule has 5 rings (SSSR count). The van der Waals surface area contributed by atoms with Crippen LogP contribution in [0, 0.1) is 15.5 Å². The number of aliphatic imine (C=N–C) groups is 1. The standard InChI is InChI=1S/C22H11BrClN5O4S/c23-16-9-11(29(31)32)5-7-13(16)18-8-6-12(33-18)10-15-19(25)28-22(26-20(15)30)34-21(27-28)14-3-1-2-4-17(14)24/h1-10,25H/b15-10-,25-19?. The largest absolute Gasteiger partial charge is 0.457 e. The van der Waals surface area contributed by atoms with Gasteiger partial charge in [-0.3, -0.25) is 20.3 Å². The Morgan fingerprint density at radius 2 is 1.97 bits per heavy atom. The zero-order valence-electron chi connectivity index (χ0n) is 16.9. The van der Waals surface area contributed by atoms with Gasteiger partial charge in [-0.2, -0.15) is 15.1 Å². The lowest BCUT2D eigenvalue weighted by Gasteiger charge is -2.19. The van der Waals surface area contributed by atoms with Gasteiger partial charge in [0, 0.05) is 27.7 Å². The van der Waals surface area contributed by atoms with Gasteiger partial charge in [0.25, 0.3) is 11.6 Å². The van der Waals surface area contributed by atoms with E-state index in [0.717, 1.165) is 11.8 Å². The highest BCUT2D eigenvalue weighted by Crippen LogP contribution is 2.35. The van der Waals surface area contributed by atoms with Gasteiger partial charge in [0.05, 0.1) is 15.5 Å². The average Bonchev–Trinajstić information content (AvgIpc) is 3.44. The summed E-state index contributed by atoms with van der Waals surface area (Å²) in [5.41, 5.74) is 1.24. The molecule has 12 heteroatoms. The van der Waals surface area contributed by atoms with E-state index < -0.39 is 10.8 Å². The first-order chi connectivity index (χ1) is 16.3. The Morgan fingerprint density at radius 3 is 2.71 bits per heavy atom. The number of fused-ring (bicyclic) bond motifs is 1. The molecular formula is C22H11BrClN5O4S. The number of non-ortho nitro benzene ring substituents is 1. The fourth-order valence-electron chi connectivity index (χ4n) is 3.27. The van der Waals surface area contributed by atoms with Gasteiger partial charge in [-0.05, 0) is 58.0 Å². The number of thioether (sulfide) groups is 1. The van der Waals surface area contributed by atoms with Crippen molar-refractivity contribution in [3.05, 3.63) is 91.1 Å². The Labute approximate surface area is 209 Å². The summed E-state index contributed by atoms with van der Waals surface area (Å²) in [5.74, 6) is 0.0189. The third-order valence-electron chi connectivity index (χ3n) is 4.90. The molecule has 0 unspecified atom stereocenters. The number of carbonyl (C=O) groups is 1. The van der Waals surface area contributed by atoms with Gasteiger partial charge < -0.3 is 4.42 Å². The molecule has 168 valence electrons. The summed E-state index contributed by atoms with van der Waals surface area (Å²) in [6, 6.07) is 14.8. The topological polar surface area (TPSA) is 125 Å². The van der Waals surface area contributed by atoms with Gasteiger partial charge in [0.2, 0.25) is 5.17 Å². The van der Waals surface area contributed by atoms with Crippen LogP contribution in [-0.4, -0.2) is 31.9 Å². The fourth-order valence-corrected chi connectivity index (χ4v) is 5.04. The summed E-state index contributed by atoms with van der Waals surface area (Å²) in [6.07, 6.45) is 1.42. The van der Waals surface area contributed by atoms with E-state index in [2.05, 4.69) is 26.0 Å². The number of furan rings is 1. The minimum atomic E-state index is -0.589. The molecule has 1 N–H and O–H groups in total. The summed E-state index contributed by atoms with van der Waals surface area (Å²) in [7, 11) is 0. The SMILES string of the molecule is N=C1/C(=C/c2ccc(-c3ccc([N+](=O)[O-])cc3Br)o2)C(=O)N=C2SC(c3ccccc3Cl)=NN12. The zero-order valence-corrected chi connectivity index (χ0v) is 20.0. The van der Waals surface area contributed by atoms with Crippen molar-refractivity contribution >= 4 is 73.0 Å². The minimum Gasteiger partial charge on any atom is -0.457 e. The molecule has 2 aromatic carbocycles. The Balaban J connectivity index is 1.44. The summed E-state index contributed by atoms with van der Waals surface area (Å²) in [6.45, 7) is 0. The molecule has 2 aliphatic heterocycles. The van der Waals surface area contributed by atoms with Crippen molar-refractivity contribution in [3.63, 3.8) is 0 Å². The second-order valence-corrected chi connectivity index (χ2v) is 9.25. The van der Waals surface area contributed by atoms with Crippen molar-refractivity contribution in [1.29, 1.82) is 5.41 Å². The van der Waals surface area contributed by atoms with Gasteiger partial charge in [0.15, 0.2) is 5.84 Å². The molecule has 9 nitrogen and oxygen atoms in total. The van der Waals surface area contributed by atoms with Crippen LogP contribution < -0.4 is 0 Å². The Bertz CT molecular complexity index is 1500. The van der Waals surface area contributed by atoms with Gasteiger partial charge in [-0.1, -0.05) is 29.8 Å². The molecule has 0 fully saturated rings. The lowest BCUT2D eigenvalue weighted by molar-refractivity contribution is -0.384. The highest BCUT2D eigenvalue weighted by molar-refractivity contribution is 9.10. The highest BCUT2D eigenvalue weighted by atomic mass is 79.9. The first kappa shape index (κ1) is 22.3. The number of nitro benzene ring substituents is 1. The third-order valence-corrected chi connectivity index (χ3v) is 6.83. The van der Waals surface area contributed by atoms with E-state index in [1.165, 1.54) is 23.2 Å². The number of rotatable bonds is 4. The first-order valence-electron chi connectivity index (χ1n) is 9.61. The monoisotopic (exact) mass is 555 g/mol. The molecule has 0 spiro atoms. The van der Waals surface area contributed by atoms with Crippen LogP contribution in [0.3, 0.4) is 0 Å². The zero-order chi connectivity index (χ0) is 24.0. The molecule has 0 saturated heterocycles. The molecular weight excluding hydrogens is 546 g/mol. The maximum atomic E-state index is 12.7. The van der Waals surface area contributed by atoms with E-state index >= 15 is 0 Å². The molecule has 0 radical (unpaired) electrons. The van der Waals surface area contributed by atoms with Crippen LogP contribution in [-0.2, 0) is 4.79 Å². The number of hydrazone groups is 1. The van der Waals surface area contributed by atoms with E-state index in [1.807, 2.05) is 6.07 Å². The molecule has 1 amide bonds. The average molecular weight is 557 g/mol. The van der Waals surface area contributed by atoms with Crippen LogP contribution in [0.25, 0.3) is 17.4 Å².